The van der Waals surface area contributed by atoms with Crippen LogP contribution in [-0.4, -0.2) is 29.0 Å². The van der Waals surface area contributed by atoms with Crippen LogP contribution in [0, 0.1) is 5.41 Å². The van der Waals surface area contributed by atoms with E-state index in [4.69, 9.17) is 5.73 Å². The zero-order valence-corrected chi connectivity index (χ0v) is 12.3. The van der Waals surface area contributed by atoms with Gasteiger partial charge in [0.2, 0.25) is 0 Å². The maximum Gasteiger partial charge on any atom is 0.257 e. The van der Waals surface area contributed by atoms with Gasteiger partial charge >= 0.3 is 0 Å². The first-order valence-corrected chi connectivity index (χ1v) is 6.87. The fourth-order valence-electron chi connectivity index (χ4n) is 2.44. The van der Waals surface area contributed by atoms with E-state index >= 15 is 0 Å². The number of amides is 1. The maximum absolute atomic E-state index is 12.4. The number of hydrogen-bond donors (Lipinski definition) is 2. The number of anilines is 1. The van der Waals surface area contributed by atoms with Crippen molar-refractivity contribution in [3.8, 4) is 5.75 Å². The molecule has 0 aromatic heterocycles. The summed E-state index contributed by atoms with van der Waals surface area (Å²) in [6.07, 6.45) is 2.99. The fourth-order valence-corrected chi connectivity index (χ4v) is 2.44. The molecule has 0 saturated carbocycles. The normalized spacial score (nSPS) is 15.9. The average Bonchev–Trinajstić information content (AvgIpc) is 2.40. The zero-order valence-electron chi connectivity index (χ0n) is 12.3. The molecule has 20 heavy (non-hydrogen) atoms. The van der Waals surface area contributed by atoms with Crippen molar-refractivity contribution in [3.63, 3.8) is 0 Å². The second-order valence-electron chi connectivity index (χ2n) is 6.22. The van der Waals surface area contributed by atoms with Gasteiger partial charge in [0.15, 0.2) is 5.75 Å². The van der Waals surface area contributed by atoms with Gasteiger partial charge in [0.05, 0.1) is 11.3 Å². The lowest BCUT2D eigenvalue weighted by Crippen LogP contribution is -2.36. The van der Waals surface area contributed by atoms with Gasteiger partial charge in [0, 0.05) is 13.1 Å². The Labute approximate surface area is 119 Å². The maximum atomic E-state index is 12.4. The van der Waals surface area contributed by atoms with Gasteiger partial charge in [0.1, 0.15) is 0 Å². The molecule has 1 aliphatic heterocycles. The quantitative estimate of drug-likeness (QED) is 0.470. The van der Waals surface area contributed by atoms with E-state index in [1.165, 1.54) is 5.57 Å². The Bertz CT molecular complexity index is 556. The van der Waals surface area contributed by atoms with Crippen LogP contribution in [0.15, 0.2) is 29.8 Å². The Kier molecular flexibility index (Phi) is 3.75. The molecule has 0 spiro atoms. The van der Waals surface area contributed by atoms with Crippen molar-refractivity contribution in [2.24, 2.45) is 5.41 Å². The number of rotatable bonds is 1. The van der Waals surface area contributed by atoms with E-state index in [1.54, 1.807) is 23.1 Å². The lowest BCUT2D eigenvalue weighted by Gasteiger charge is -2.32. The van der Waals surface area contributed by atoms with Crippen molar-refractivity contribution < 1.29 is 9.90 Å². The molecule has 1 aromatic rings. The summed E-state index contributed by atoms with van der Waals surface area (Å²) in [6, 6.07) is 4.87. The Balaban J connectivity index is 2.17. The summed E-state index contributed by atoms with van der Waals surface area (Å²) in [7, 11) is 0. The molecule has 1 aromatic carbocycles. The number of benzene rings is 1. The van der Waals surface area contributed by atoms with Crippen LogP contribution in [0.25, 0.3) is 0 Å². The molecular formula is C16H22N2O2. The molecule has 1 amide bonds. The van der Waals surface area contributed by atoms with Crippen molar-refractivity contribution in [1.29, 1.82) is 0 Å². The molecule has 0 unspecified atom stereocenters. The van der Waals surface area contributed by atoms with Crippen LogP contribution in [0.4, 0.5) is 5.69 Å². The highest BCUT2D eigenvalue weighted by molar-refractivity contribution is 5.98. The molecule has 3 N–H and O–H groups in total. The fraction of sp³-hybridized carbons (Fsp3) is 0.438. The first kappa shape index (κ1) is 14.4. The lowest BCUT2D eigenvalue weighted by atomic mass is 9.83. The zero-order chi connectivity index (χ0) is 14.9. The number of nitrogens with two attached hydrogens (primary N) is 1. The van der Waals surface area contributed by atoms with Crippen molar-refractivity contribution >= 4 is 11.6 Å². The van der Waals surface area contributed by atoms with E-state index < -0.39 is 0 Å². The number of phenols is 1. The third-order valence-corrected chi connectivity index (χ3v) is 3.76. The Morgan fingerprint density at radius 1 is 1.35 bits per heavy atom. The second kappa shape index (κ2) is 5.19. The van der Waals surface area contributed by atoms with E-state index in [0.29, 0.717) is 13.1 Å². The summed E-state index contributed by atoms with van der Waals surface area (Å²) in [5, 5.41) is 9.89. The smallest absolute Gasteiger partial charge is 0.257 e. The van der Waals surface area contributed by atoms with Crippen molar-refractivity contribution in [3.05, 3.63) is 35.4 Å². The van der Waals surface area contributed by atoms with Gasteiger partial charge in [-0.1, -0.05) is 38.5 Å². The molecule has 108 valence electrons. The summed E-state index contributed by atoms with van der Waals surface area (Å²) in [5.41, 5.74) is 7.67. The Morgan fingerprint density at radius 2 is 2.05 bits per heavy atom. The van der Waals surface area contributed by atoms with Gasteiger partial charge in [-0.15, -0.1) is 0 Å². The average molecular weight is 274 g/mol. The number of carbonyl (C=O) groups is 1. The van der Waals surface area contributed by atoms with E-state index in [2.05, 4.69) is 26.8 Å². The summed E-state index contributed by atoms with van der Waals surface area (Å²) >= 11 is 0. The van der Waals surface area contributed by atoms with Gasteiger partial charge < -0.3 is 15.7 Å². The highest BCUT2D eigenvalue weighted by Crippen LogP contribution is 2.31. The van der Waals surface area contributed by atoms with Gasteiger partial charge in [-0.3, -0.25) is 4.79 Å². The molecule has 0 saturated heterocycles. The SMILES string of the molecule is CC(C)(C)C1=CCN(C(=O)c2cccc(N)c2O)CC1. The van der Waals surface area contributed by atoms with Crippen LogP contribution in [0.5, 0.6) is 5.75 Å². The van der Waals surface area contributed by atoms with E-state index in [1.807, 2.05) is 0 Å². The van der Waals surface area contributed by atoms with Gasteiger partial charge in [0.25, 0.3) is 5.91 Å². The first-order valence-electron chi connectivity index (χ1n) is 6.87. The monoisotopic (exact) mass is 274 g/mol. The number of para-hydroxylation sites is 1. The molecule has 0 fully saturated rings. The minimum Gasteiger partial charge on any atom is -0.505 e. The minimum absolute atomic E-state index is 0.122. The summed E-state index contributed by atoms with van der Waals surface area (Å²) < 4.78 is 0. The number of carbonyl (C=O) groups excluding carboxylic acids is 1. The molecule has 0 aliphatic carbocycles. The molecule has 0 radical (unpaired) electrons. The van der Waals surface area contributed by atoms with Gasteiger partial charge in [-0.2, -0.15) is 0 Å². The molecule has 0 bridgehead atoms. The second-order valence-corrected chi connectivity index (χ2v) is 6.22. The number of nitrogen functional groups attached to an aromatic ring is 1. The molecule has 0 atom stereocenters. The minimum atomic E-state index is -0.168. The van der Waals surface area contributed by atoms with Crippen molar-refractivity contribution in [1.82, 2.24) is 4.90 Å². The van der Waals surface area contributed by atoms with Crippen LogP contribution in [0.1, 0.15) is 37.6 Å². The summed E-state index contributed by atoms with van der Waals surface area (Å²) in [4.78, 5) is 14.2. The molecular weight excluding hydrogens is 252 g/mol. The summed E-state index contributed by atoms with van der Waals surface area (Å²) in [5.74, 6) is -0.290. The molecule has 1 heterocycles. The highest BCUT2D eigenvalue weighted by atomic mass is 16.3. The standard InChI is InChI=1S/C16H22N2O2/c1-16(2,3)11-7-9-18(10-8-11)15(20)12-5-4-6-13(17)14(12)19/h4-7,19H,8-10,17H2,1-3H3. The van der Waals surface area contributed by atoms with Crippen molar-refractivity contribution in [2.75, 3.05) is 18.8 Å². The van der Waals surface area contributed by atoms with E-state index in [0.717, 1.165) is 6.42 Å². The van der Waals surface area contributed by atoms with Crippen LogP contribution in [0.2, 0.25) is 0 Å². The van der Waals surface area contributed by atoms with Crippen LogP contribution >= 0.6 is 0 Å². The van der Waals surface area contributed by atoms with Crippen LogP contribution in [-0.2, 0) is 0 Å². The number of hydrogen-bond acceptors (Lipinski definition) is 3. The molecule has 4 nitrogen and oxygen atoms in total. The predicted octanol–water partition coefficient (Wildman–Crippen LogP) is 2.79. The topological polar surface area (TPSA) is 66.6 Å². The first-order chi connectivity index (χ1) is 9.30. The largest absolute Gasteiger partial charge is 0.505 e. The van der Waals surface area contributed by atoms with E-state index in [9.17, 15) is 9.90 Å². The Morgan fingerprint density at radius 3 is 2.60 bits per heavy atom. The Hall–Kier alpha value is -1.97. The van der Waals surface area contributed by atoms with Crippen LogP contribution in [0.3, 0.4) is 0 Å². The van der Waals surface area contributed by atoms with Gasteiger partial charge in [-0.25, -0.2) is 0 Å². The molecule has 1 aliphatic rings. The third-order valence-electron chi connectivity index (χ3n) is 3.76. The predicted molar refractivity (Wildman–Crippen MR) is 80.6 cm³/mol. The lowest BCUT2D eigenvalue weighted by molar-refractivity contribution is 0.0762. The van der Waals surface area contributed by atoms with Gasteiger partial charge in [-0.05, 0) is 24.0 Å². The van der Waals surface area contributed by atoms with Crippen LogP contribution < -0.4 is 5.73 Å². The number of nitrogens with zero attached hydrogens (tertiary/aromatic N) is 1. The highest BCUT2D eigenvalue weighted by Gasteiger charge is 2.25. The summed E-state index contributed by atoms with van der Waals surface area (Å²) in [6.45, 7) is 7.80. The van der Waals surface area contributed by atoms with E-state index in [-0.39, 0.29) is 28.3 Å². The molecule has 2 rings (SSSR count). The number of phenolic OH excluding ortho intramolecular Hbond substituents is 1. The molecule has 4 heteroatoms. The van der Waals surface area contributed by atoms with Crippen molar-refractivity contribution in [2.45, 2.75) is 27.2 Å². The third kappa shape index (κ3) is 2.79. The number of aromatic hydroxyl groups is 1.